The van der Waals surface area contributed by atoms with Crippen LogP contribution in [0.25, 0.3) is 11.3 Å². The predicted molar refractivity (Wildman–Crippen MR) is 105 cm³/mol. The van der Waals surface area contributed by atoms with E-state index in [9.17, 15) is 9.18 Å². The molecule has 1 amide bonds. The van der Waals surface area contributed by atoms with Crippen molar-refractivity contribution in [2.75, 3.05) is 6.54 Å². The lowest BCUT2D eigenvalue weighted by atomic mass is 10.1. The topological polar surface area (TPSA) is 55.1 Å². The number of hydrogen-bond acceptors (Lipinski definition) is 4. The first-order valence-corrected chi connectivity index (χ1v) is 10.0. The summed E-state index contributed by atoms with van der Waals surface area (Å²) in [5.74, 6) is 0.858. The first kappa shape index (κ1) is 19.3. The van der Waals surface area contributed by atoms with Gasteiger partial charge < -0.3 is 9.73 Å². The highest BCUT2D eigenvalue weighted by atomic mass is 32.1. The fourth-order valence-corrected chi connectivity index (χ4v) is 3.61. The van der Waals surface area contributed by atoms with Gasteiger partial charge in [-0.15, -0.1) is 11.3 Å². The summed E-state index contributed by atoms with van der Waals surface area (Å²) in [7, 11) is 0. The molecular weight excluding hydrogens is 363 g/mol. The molecule has 0 fully saturated rings. The molecule has 142 valence electrons. The molecule has 0 atom stereocenters. The summed E-state index contributed by atoms with van der Waals surface area (Å²) in [5, 5.41) is 6.15. The Labute approximate surface area is 162 Å². The molecule has 2 heterocycles. The zero-order valence-electron chi connectivity index (χ0n) is 15.3. The van der Waals surface area contributed by atoms with Crippen LogP contribution >= 0.6 is 11.3 Å². The van der Waals surface area contributed by atoms with Gasteiger partial charge in [0.2, 0.25) is 5.91 Å². The van der Waals surface area contributed by atoms with Gasteiger partial charge in [0, 0.05) is 30.5 Å². The van der Waals surface area contributed by atoms with Gasteiger partial charge in [0.1, 0.15) is 17.3 Å². The Kier molecular flexibility index (Phi) is 6.76. The van der Waals surface area contributed by atoms with E-state index in [-0.39, 0.29) is 11.7 Å². The van der Waals surface area contributed by atoms with Gasteiger partial charge in [0.15, 0.2) is 0 Å². The first-order valence-electron chi connectivity index (χ1n) is 9.13. The fraction of sp³-hybridized carbons (Fsp3) is 0.333. The van der Waals surface area contributed by atoms with E-state index < -0.39 is 0 Å². The normalized spacial score (nSPS) is 10.9. The highest BCUT2D eigenvalue weighted by molar-refractivity contribution is 7.09. The highest BCUT2D eigenvalue weighted by Gasteiger charge is 2.10. The number of thiazole rings is 1. The van der Waals surface area contributed by atoms with Crippen molar-refractivity contribution in [2.45, 2.75) is 39.0 Å². The highest BCUT2D eigenvalue weighted by Crippen LogP contribution is 2.25. The number of halogens is 1. The number of carbonyl (C=O) groups excluding carboxylic acids is 1. The van der Waals surface area contributed by atoms with Crippen LogP contribution < -0.4 is 5.32 Å². The molecule has 0 aliphatic heterocycles. The Morgan fingerprint density at radius 3 is 2.81 bits per heavy atom. The van der Waals surface area contributed by atoms with E-state index in [4.69, 9.17) is 4.42 Å². The summed E-state index contributed by atoms with van der Waals surface area (Å²) >= 11 is 1.69. The second kappa shape index (κ2) is 9.46. The Balaban J connectivity index is 1.35. The molecule has 0 saturated carbocycles. The molecule has 27 heavy (non-hydrogen) atoms. The minimum atomic E-state index is -0.316. The summed E-state index contributed by atoms with van der Waals surface area (Å²) < 4.78 is 19.5. The van der Waals surface area contributed by atoms with Crippen LogP contribution in [0.2, 0.25) is 0 Å². The van der Waals surface area contributed by atoms with E-state index in [2.05, 4.69) is 15.7 Å². The van der Waals surface area contributed by atoms with Gasteiger partial charge in [-0.1, -0.05) is 12.1 Å². The van der Waals surface area contributed by atoms with Crippen molar-refractivity contribution in [1.29, 1.82) is 0 Å². The Hall–Kier alpha value is -2.47. The van der Waals surface area contributed by atoms with Crippen LogP contribution in [0.3, 0.4) is 0 Å². The average Bonchev–Trinajstić information content (AvgIpc) is 3.29. The van der Waals surface area contributed by atoms with Crippen LogP contribution in [0, 0.1) is 12.7 Å². The van der Waals surface area contributed by atoms with Crippen molar-refractivity contribution >= 4 is 17.2 Å². The monoisotopic (exact) mass is 386 g/mol. The van der Waals surface area contributed by atoms with E-state index in [0.29, 0.717) is 36.5 Å². The molecule has 1 N–H and O–H groups in total. The summed E-state index contributed by atoms with van der Waals surface area (Å²) in [6, 6.07) is 10.0. The molecule has 1 aromatic carbocycles. The SMILES string of the molecule is Cc1csc(CCCCNC(=O)CCc2ccc(-c3ccccc3F)o2)n1. The van der Waals surface area contributed by atoms with Gasteiger partial charge in [-0.25, -0.2) is 9.37 Å². The molecule has 0 aliphatic carbocycles. The third kappa shape index (κ3) is 5.76. The van der Waals surface area contributed by atoms with Crippen molar-refractivity contribution in [2.24, 2.45) is 0 Å². The van der Waals surface area contributed by atoms with Crippen LogP contribution in [0.4, 0.5) is 4.39 Å². The summed E-state index contributed by atoms with van der Waals surface area (Å²) in [4.78, 5) is 16.4. The van der Waals surface area contributed by atoms with Crippen molar-refractivity contribution in [3.05, 3.63) is 64.1 Å². The van der Waals surface area contributed by atoms with Crippen LogP contribution in [-0.4, -0.2) is 17.4 Å². The van der Waals surface area contributed by atoms with Gasteiger partial charge in [0.05, 0.1) is 10.6 Å². The smallest absolute Gasteiger partial charge is 0.220 e. The zero-order chi connectivity index (χ0) is 19.1. The molecule has 4 nitrogen and oxygen atoms in total. The van der Waals surface area contributed by atoms with Gasteiger partial charge >= 0.3 is 0 Å². The third-order valence-electron chi connectivity index (χ3n) is 4.21. The molecule has 2 aromatic heterocycles. The van der Waals surface area contributed by atoms with Gasteiger partial charge in [-0.2, -0.15) is 0 Å². The molecule has 0 spiro atoms. The number of nitrogens with zero attached hydrogens (tertiary/aromatic N) is 1. The van der Waals surface area contributed by atoms with Gasteiger partial charge in [0.25, 0.3) is 0 Å². The van der Waals surface area contributed by atoms with Crippen LogP contribution in [0.15, 0.2) is 46.2 Å². The van der Waals surface area contributed by atoms with Crippen LogP contribution in [0.1, 0.15) is 35.7 Å². The number of unbranched alkanes of at least 4 members (excludes halogenated alkanes) is 1. The zero-order valence-corrected chi connectivity index (χ0v) is 16.2. The average molecular weight is 386 g/mol. The number of benzene rings is 1. The quantitative estimate of drug-likeness (QED) is 0.531. The number of aromatic nitrogens is 1. The Morgan fingerprint density at radius 2 is 2.04 bits per heavy atom. The van der Waals surface area contributed by atoms with E-state index in [0.717, 1.165) is 30.0 Å². The van der Waals surface area contributed by atoms with Crippen molar-refractivity contribution in [3.63, 3.8) is 0 Å². The van der Waals surface area contributed by atoms with Crippen LogP contribution in [0.5, 0.6) is 0 Å². The second-order valence-electron chi connectivity index (χ2n) is 6.44. The van der Waals surface area contributed by atoms with Crippen molar-refractivity contribution in [1.82, 2.24) is 10.3 Å². The van der Waals surface area contributed by atoms with E-state index >= 15 is 0 Å². The lowest BCUT2D eigenvalue weighted by molar-refractivity contribution is -0.121. The van der Waals surface area contributed by atoms with Gasteiger partial charge in [-0.05, 0) is 50.5 Å². The molecule has 0 bridgehead atoms. The lowest BCUT2D eigenvalue weighted by Gasteiger charge is -2.04. The third-order valence-corrected chi connectivity index (χ3v) is 5.23. The number of amides is 1. The summed E-state index contributed by atoms with van der Waals surface area (Å²) in [6.07, 6.45) is 3.76. The molecule has 0 radical (unpaired) electrons. The predicted octanol–water partition coefficient (Wildman–Crippen LogP) is 4.92. The van der Waals surface area contributed by atoms with Crippen molar-refractivity contribution in [3.8, 4) is 11.3 Å². The Bertz CT molecular complexity index is 888. The molecule has 3 rings (SSSR count). The van der Waals surface area contributed by atoms with Crippen LogP contribution in [-0.2, 0) is 17.6 Å². The standard InChI is InChI=1S/C21H23FN2O2S/c1-15-14-27-21(24-15)8-4-5-13-23-20(25)12-10-16-9-11-19(26-16)17-6-2-3-7-18(17)22/h2-3,6-7,9,11,14H,4-5,8,10,12-13H2,1H3,(H,23,25). The maximum Gasteiger partial charge on any atom is 0.220 e. The summed E-state index contributed by atoms with van der Waals surface area (Å²) in [6.45, 7) is 2.67. The molecular formula is C21H23FN2O2S. The number of hydrogen-bond donors (Lipinski definition) is 1. The maximum atomic E-state index is 13.8. The van der Waals surface area contributed by atoms with Gasteiger partial charge in [-0.3, -0.25) is 4.79 Å². The molecule has 0 unspecified atom stereocenters. The number of furan rings is 1. The molecule has 0 saturated heterocycles. The number of carbonyl (C=O) groups is 1. The minimum Gasteiger partial charge on any atom is -0.461 e. The van der Waals surface area contributed by atoms with Crippen molar-refractivity contribution < 1.29 is 13.6 Å². The maximum absolute atomic E-state index is 13.8. The fourth-order valence-electron chi connectivity index (χ4n) is 2.79. The first-order chi connectivity index (χ1) is 13.1. The van der Waals surface area contributed by atoms with E-state index in [1.807, 2.05) is 6.92 Å². The number of aryl methyl sites for hydroxylation is 3. The Morgan fingerprint density at radius 1 is 1.19 bits per heavy atom. The van der Waals surface area contributed by atoms with E-state index in [1.165, 1.54) is 6.07 Å². The minimum absolute atomic E-state index is 0.00364. The summed E-state index contributed by atoms with van der Waals surface area (Å²) in [5.41, 5.74) is 1.50. The lowest BCUT2D eigenvalue weighted by Crippen LogP contribution is -2.24. The number of rotatable bonds is 9. The van der Waals surface area contributed by atoms with E-state index in [1.54, 1.807) is 41.7 Å². The molecule has 6 heteroatoms. The second-order valence-corrected chi connectivity index (χ2v) is 7.38. The molecule has 0 aliphatic rings. The molecule has 3 aromatic rings. The largest absolute Gasteiger partial charge is 0.461 e. The number of nitrogens with one attached hydrogen (secondary N) is 1.